The maximum atomic E-state index is 14.3. The number of thiazole rings is 1. The molecule has 7 nitrogen and oxygen atoms in total. The largest absolute Gasteiger partial charge is 0.495 e. The molecule has 0 aliphatic rings. The van der Waals surface area contributed by atoms with Gasteiger partial charge >= 0.3 is 0 Å². The molecular formula is C21H21ClFN3O4S2. The molecule has 0 unspecified atom stereocenters. The summed E-state index contributed by atoms with van der Waals surface area (Å²) in [6.07, 6.45) is 0. The maximum Gasteiger partial charge on any atom is 0.260 e. The Morgan fingerprint density at radius 1 is 1.22 bits per heavy atom. The fourth-order valence-electron chi connectivity index (χ4n) is 3.01. The number of aromatic nitrogens is 1. The zero-order valence-electron chi connectivity index (χ0n) is 17.6. The number of rotatable bonds is 8. The predicted octanol–water partition coefficient (Wildman–Crippen LogP) is 4.89. The van der Waals surface area contributed by atoms with E-state index in [1.165, 1.54) is 11.4 Å². The summed E-state index contributed by atoms with van der Waals surface area (Å²) in [5, 5.41) is 4.88. The van der Waals surface area contributed by atoms with Crippen LogP contribution in [-0.4, -0.2) is 43.8 Å². The molecule has 1 N–H and O–H groups in total. The topological polar surface area (TPSA) is 88.6 Å². The number of methoxy groups -OCH3 is 1. The van der Waals surface area contributed by atoms with Gasteiger partial charge in [0.05, 0.1) is 28.3 Å². The van der Waals surface area contributed by atoms with Gasteiger partial charge in [-0.25, -0.2) is 17.8 Å². The third-order valence-corrected chi connectivity index (χ3v) is 7.80. The third-order valence-electron chi connectivity index (χ3n) is 4.70. The van der Waals surface area contributed by atoms with E-state index in [0.717, 1.165) is 29.5 Å². The normalized spacial score (nSPS) is 11.6. The van der Waals surface area contributed by atoms with Gasteiger partial charge in [0.1, 0.15) is 11.6 Å². The first-order valence-corrected chi connectivity index (χ1v) is 12.3. The van der Waals surface area contributed by atoms with Crippen LogP contribution in [0.25, 0.3) is 11.3 Å². The molecule has 0 saturated carbocycles. The lowest BCUT2D eigenvalue weighted by Crippen LogP contribution is -2.31. The van der Waals surface area contributed by atoms with E-state index in [1.54, 1.807) is 37.4 Å². The Labute approximate surface area is 194 Å². The van der Waals surface area contributed by atoms with Crippen molar-refractivity contribution in [3.05, 3.63) is 58.2 Å². The molecule has 1 amide bonds. The molecule has 1 aromatic heterocycles. The smallest absolute Gasteiger partial charge is 0.260 e. The molecule has 1 heterocycles. The lowest BCUT2D eigenvalue weighted by Gasteiger charge is -2.18. The van der Waals surface area contributed by atoms with Crippen LogP contribution in [0.5, 0.6) is 5.75 Å². The molecule has 0 spiro atoms. The Balaban J connectivity index is 1.85. The summed E-state index contributed by atoms with van der Waals surface area (Å²) in [6.45, 7) is 3.92. The van der Waals surface area contributed by atoms with E-state index >= 15 is 0 Å². The lowest BCUT2D eigenvalue weighted by atomic mass is 10.2. The van der Waals surface area contributed by atoms with Crippen molar-refractivity contribution >= 4 is 44.0 Å². The number of halogens is 2. The zero-order chi connectivity index (χ0) is 23.5. The van der Waals surface area contributed by atoms with Gasteiger partial charge in [0.15, 0.2) is 5.13 Å². The number of carbonyl (C=O) groups is 1. The fourth-order valence-corrected chi connectivity index (χ4v) is 5.46. The summed E-state index contributed by atoms with van der Waals surface area (Å²) in [5.74, 6) is -1.11. The average molecular weight is 498 g/mol. The van der Waals surface area contributed by atoms with Crippen molar-refractivity contribution in [1.29, 1.82) is 0 Å². The second-order valence-corrected chi connectivity index (χ2v) is 9.78. The molecule has 3 rings (SSSR count). The Hall–Kier alpha value is -2.53. The third kappa shape index (κ3) is 4.93. The highest BCUT2D eigenvalue weighted by atomic mass is 35.5. The highest BCUT2D eigenvalue weighted by Gasteiger charge is 2.24. The predicted molar refractivity (Wildman–Crippen MR) is 124 cm³/mol. The summed E-state index contributed by atoms with van der Waals surface area (Å²) in [6, 6.07) is 8.31. The van der Waals surface area contributed by atoms with Gasteiger partial charge in [-0.1, -0.05) is 25.4 Å². The number of nitrogens with zero attached hydrogens (tertiary/aromatic N) is 2. The molecule has 0 radical (unpaired) electrons. The number of amides is 1. The van der Waals surface area contributed by atoms with Crippen LogP contribution in [0, 0.1) is 5.82 Å². The van der Waals surface area contributed by atoms with Crippen LogP contribution in [0.4, 0.5) is 9.52 Å². The van der Waals surface area contributed by atoms with E-state index in [4.69, 9.17) is 16.3 Å². The van der Waals surface area contributed by atoms with Crippen LogP contribution in [0.2, 0.25) is 5.02 Å². The quantitative estimate of drug-likeness (QED) is 0.478. The monoisotopic (exact) mass is 497 g/mol. The van der Waals surface area contributed by atoms with Crippen LogP contribution < -0.4 is 10.1 Å². The van der Waals surface area contributed by atoms with Gasteiger partial charge in [-0.3, -0.25) is 10.1 Å². The molecule has 170 valence electrons. The molecule has 3 aromatic rings. The highest BCUT2D eigenvalue weighted by molar-refractivity contribution is 7.89. The average Bonchev–Trinajstić information content (AvgIpc) is 3.22. The second kappa shape index (κ2) is 9.95. The number of ether oxygens (including phenoxy) is 1. The van der Waals surface area contributed by atoms with E-state index < -0.39 is 21.7 Å². The Morgan fingerprint density at radius 2 is 1.94 bits per heavy atom. The van der Waals surface area contributed by atoms with Crippen LogP contribution in [0.15, 0.2) is 46.7 Å². The van der Waals surface area contributed by atoms with Gasteiger partial charge in [-0.05, 0) is 36.4 Å². The van der Waals surface area contributed by atoms with Gasteiger partial charge < -0.3 is 4.74 Å². The Bertz CT molecular complexity index is 1240. The van der Waals surface area contributed by atoms with Crippen molar-refractivity contribution in [2.45, 2.75) is 18.7 Å². The van der Waals surface area contributed by atoms with Gasteiger partial charge in [-0.15, -0.1) is 11.3 Å². The van der Waals surface area contributed by atoms with Crippen LogP contribution >= 0.6 is 22.9 Å². The Kier molecular flexibility index (Phi) is 7.50. The van der Waals surface area contributed by atoms with E-state index in [-0.39, 0.29) is 28.7 Å². The highest BCUT2D eigenvalue weighted by Crippen LogP contribution is 2.32. The standard InChI is InChI=1S/C21H21ClFN3O4S2/c1-4-26(5-2)32(28,29)14-7-8-17(23)15(11-14)20(27)25-21-24-18(12-31-21)13-6-9-19(30-3)16(22)10-13/h6-12H,4-5H2,1-3H3,(H,24,25,27). The van der Waals surface area contributed by atoms with Gasteiger partial charge in [-0.2, -0.15) is 4.31 Å². The van der Waals surface area contributed by atoms with Crippen LogP contribution in [0.1, 0.15) is 24.2 Å². The molecule has 0 aliphatic carbocycles. The summed E-state index contributed by atoms with van der Waals surface area (Å²) < 4.78 is 46.1. The van der Waals surface area contributed by atoms with Crippen molar-refractivity contribution in [2.24, 2.45) is 0 Å². The number of nitrogens with one attached hydrogen (secondary N) is 1. The SMILES string of the molecule is CCN(CC)S(=O)(=O)c1ccc(F)c(C(=O)Nc2nc(-c3ccc(OC)c(Cl)c3)cs2)c1. The number of hydrogen-bond donors (Lipinski definition) is 1. The summed E-state index contributed by atoms with van der Waals surface area (Å²) in [5.41, 5.74) is 0.890. The molecule has 0 fully saturated rings. The summed E-state index contributed by atoms with van der Waals surface area (Å²) in [7, 11) is -2.33. The number of hydrogen-bond acceptors (Lipinski definition) is 6. The van der Waals surface area contributed by atoms with Gasteiger partial charge in [0.25, 0.3) is 5.91 Å². The number of benzene rings is 2. The van der Waals surface area contributed by atoms with Crippen LogP contribution in [-0.2, 0) is 10.0 Å². The molecule has 2 aromatic carbocycles. The molecule has 32 heavy (non-hydrogen) atoms. The minimum Gasteiger partial charge on any atom is -0.495 e. The maximum absolute atomic E-state index is 14.3. The summed E-state index contributed by atoms with van der Waals surface area (Å²) in [4.78, 5) is 16.9. The molecule has 0 bridgehead atoms. The first-order valence-electron chi connectivity index (χ1n) is 9.61. The fraction of sp³-hybridized carbons (Fsp3) is 0.238. The zero-order valence-corrected chi connectivity index (χ0v) is 19.9. The summed E-state index contributed by atoms with van der Waals surface area (Å²) >= 11 is 7.29. The van der Waals surface area contributed by atoms with E-state index in [2.05, 4.69) is 10.3 Å². The van der Waals surface area contributed by atoms with E-state index in [9.17, 15) is 17.6 Å². The lowest BCUT2D eigenvalue weighted by molar-refractivity contribution is 0.102. The van der Waals surface area contributed by atoms with Crippen molar-refractivity contribution in [3.63, 3.8) is 0 Å². The molecule has 0 atom stereocenters. The molecule has 0 aliphatic heterocycles. The number of sulfonamides is 1. The van der Waals surface area contributed by atoms with E-state index in [0.29, 0.717) is 22.0 Å². The first-order chi connectivity index (χ1) is 15.2. The van der Waals surface area contributed by atoms with Gasteiger partial charge in [0.2, 0.25) is 10.0 Å². The minimum absolute atomic E-state index is 0.152. The van der Waals surface area contributed by atoms with Crippen molar-refractivity contribution in [3.8, 4) is 17.0 Å². The minimum atomic E-state index is -3.84. The number of carbonyl (C=O) groups excluding carboxylic acids is 1. The van der Waals surface area contributed by atoms with Crippen molar-refractivity contribution < 1.29 is 22.3 Å². The van der Waals surface area contributed by atoms with Crippen molar-refractivity contribution in [2.75, 3.05) is 25.5 Å². The molecular weight excluding hydrogens is 477 g/mol. The van der Waals surface area contributed by atoms with Crippen molar-refractivity contribution in [1.82, 2.24) is 9.29 Å². The molecule has 0 saturated heterocycles. The number of anilines is 1. The van der Waals surface area contributed by atoms with E-state index in [1.807, 2.05) is 0 Å². The Morgan fingerprint density at radius 3 is 2.56 bits per heavy atom. The first kappa shape index (κ1) is 24.1. The second-order valence-electron chi connectivity index (χ2n) is 6.57. The van der Waals surface area contributed by atoms with Crippen LogP contribution in [0.3, 0.4) is 0 Å². The molecule has 11 heteroatoms. The van der Waals surface area contributed by atoms with Gasteiger partial charge in [0, 0.05) is 24.0 Å².